The van der Waals surface area contributed by atoms with E-state index in [2.05, 4.69) is 60.7 Å². The molecule has 1 aliphatic carbocycles. The van der Waals surface area contributed by atoms with E-state index in [-0.39, 0.29) is 11.4 Å². The van der Waals surface area contributed by atoms with E-state index in [4.69, 9.17) is 10.8 Å². The fourth-order valence-corrected chi connectivity index (χ4v) is 4.00. The van der Waals surface area contributed by atoms with Gasteiger partial charge < -0.3 is 0 Å². The van der Waals surface area contributed by atoms with Crippen LogP contribution in [0.2, 0.25) is 0 Å². The van der Waals surface area contributed by atoms with Crippen LogP contribution in [0.15, 0.2) is 121 Å². The van der Waals surface area contributed by atoms with Gasteiger partial charge in [-0.25, -0.2) is 0 Å². The molecule has 4 aromatic carbocycles. The molecule has 0 amide bonds. The van der Waals surface area contributed by atoms with Gasteiger partial charge in [0.15, 0.2) is 0 Å². The molecule has 0 saturated heterocycles. The van der Waals surface area contributed by atoms with Crippen molar-refractivity contribution in [3.63, 3.8) is 0 Å². The Hall–Kier alpha value is -4.30. The maximum atomic E-state index is 8.47. The van der Waals surface area contributed by atoms with Gasteiger partial charge in [0.25, 0.3) is 0 Å². The molecule has 0 spiro atoms. The molecule has 0 fully saturated rings. The van der Waals surface area contributed by atoms with Crippen LogP contribution in [-0.2, 0) is 0 Å². The maximum Gasteiger partial charge on any atom is 0.0867 e. The van der Waals surface area contributed by atoms with E-state index in [1.165, 1.54) is 11.1 Å². The van der Waals surface area contributed by atoms with Crippen molar-refractivity contribution in [1.29, 1.82) is 10.8 Å². The lowest BCUT2D eigenvalue weighted by atomic mass is 9.87. The molecular weight excluding hydrogens is 388 g/mol. The van der Waals surface area contributed by atoms with E-state index in [0.29, 0.717) is 0 Å². The van der Waals surface area contributed by atoms with Gasteiger partial charge in [-0.2, -0.15) is 0 Å². The van der Waals surface area contributed by atoms with Gasteiger partial charge in [-0.3, -0.25) is 10.8 Å². The summed E-state index contributed by atoms with van der Waals surface area (Å²) in [5, 5.41) is 16.8. The summed E-state index contributed by atoms with van der Waals surface area (Å²) in [6, 6.07) is 37.2. The first-order chi connectivity index (χ1) is 15.7. The third-order valence-corrected chi connectivity index (χ3v) is 5.77. The lowest BCUT2D eigenvalue weighted by Crippen LogP contribution is -2.15. The summed E-state index contributed by atoms with van der Waals surface area (Å²) >= 11 is 0. The Labute approximate surface area is 188 Å². The number of allylic oxidation sites excluding steroid dienone is 4. The lowest BCUT2D eigenvalue weighted by Gasteiger charge is -2.17. The number of nitrogens with one attached hydrogen (secondary N) is 2. The van der Waals surface area contributed by atoms with Gasteiger partial charge >= 0.3 is 0 Å². The Morgan fingerprint density at radius 1 is 0.375 bits per heavy atom. The minimum absolute atomic E-state index is 0.233. The van der Waals surface area contributed by atoms with Crippen LogP contribution >= 0.6 is 0 Å². The normalized spacial score (nSPS) is 13.5. The van der Waals surface area contributed by atoms with Crippen LogP contribution in [0.5, 0.6) is 0 Å². The zero-order chi connectivity index (χ0) is 21.9. The van der Waals surface area contributed by atoms with Crippen LogP contribution in [0, 0.1) is 10.8 Å². The van der Waals surface area contributed by atoms with E-state index in [1.807, 2.05) is 54.6 Å². The SMILES string of the molecule is N=C1C=C(c2ccc(-c3ccccc3)cc2)C=C(c2ccc(-c3ccccc3)cc2)C1=N. The van der Waals surface area contributed by atoms with Gasteiger partial charge in [-0.05, 0) is 51.1 Å². The molecule has 4 aromatic rings. The Morgan fingerprint density at radius 2 is 0.781 bits per heavy atom. The summed E-state index contributed by atoms with van der Waals surface area (Å²) in [6.45, 7) is 0. The van der Waals surface area contributed by atoms with Crippen molar-refractivity contribution in [3.05, 3.63) is 132 Å². The van der Waals surface area contributed by atoms with E-state index < -0.39 is 0 Å². The minimum Gasteiger partial charge on any atom is -0.299 e. The maximum absolute atomic E-state index is 8.47. The smallest absolute Gasteiger partial charge is 0.0867 e. The highest BCUT2D eigenvalue weighted by Gasteiger charge is 2.18. The van der Waals surface area contributed by atoms with Crippen LogP contribution in [0.3, 0.4) is 0 Å². The van der Waals surface area contributed by atoms with Gasteiger partial charge in [-0.1, -0.05) is 109 Å². The van der Waals surface area contributed by atoms with Crippen LogP contribution in [0.4, 0.5) is 0 Å². The van der Waals surface area contributed by atoms with Crippen LogP contribution in [-0.4, -0.2) is 11.4 Å². The molecule has 0 heterocycles. The highest BCUT2D eigenvalue weighted by atomic mass is 14.5. The van der Waals surface area contributed by atoms with Gasteiger partial charge in [0, 0.05) is 5.57 Å². The molecule has 0 bridgehead atoms. The molecule has 0 atom stereocenters. The van der Waals surface area contributed by atoms with Crippen molar-refractivity contribution in [2.45, 2.75) is 0 Å². The van der Waals surface area contributed by atoms with Crippen molar-refractivity contribution in [2.24, 2.45) is 0 Å². The summed E-state index contributed by atoms with van der Waals surface area (Å²) in [4.78, 5) is 0. The molecule has 0 aromatic heterocycles. The Kier molecular flexibility index (Phi) is 5.19. The number of hydrogen-bond donors (Lipinski definition) is 2. The van der Waals surface area contributed by atoms with E-state index in [9.17, 15) is 0 Å². The summed E-state index contributed by atoms with van der Waals surface area (Å²) < 4.78 is 0. The fraction of sp³-hybridized carbons (Fsp3) is 0. The third kappa shape index (κ3) is 3.86. The lowest BCUT2D eigenvalue weighted by molar-refractivity contribution is 1.48. The molecule has 0 radical (unpaired) electrons. The second-order valence-electron chi connectivity index (χ2n) is 7.83. The van der Waals surface area contributed by atoms with Gasteiger partial charge in [0.05, 0.1) is 11.4 Å². The summed E-state index contributed by atoms with van der Waals surface area (Å²) in [7, 11) is 0. The molecule has 0 unspecified atom stereocenters. The van der Waals surface area contributed by atoms with Gasteiger partial charge in [0.2, 0.25) is 0 Å². The first kappa shape index (κ1) is 19.7. The molecule has 32 heavy (non-hydrogen) atoms. The van der Waals surface area contributed by atoms with E-state index in [1.54, 1.807) is 6.08 Å². The van der Waals surface area contributed by atoms with Gasteiger partial charge in [0.1, 0.15) is 0 Å². The Balaban J connectivity index is 1.46. The Morgan fingerprint density at radius 3 is 1.28 bits per heavy atom. The average molecular weight is 411 g/mol. The monoisotopic (exact) mass is 410 g/mol. The quantitative estimate of drug-likeness (QED) is 0.327. The fourth-order valence-electron chi connectivity index (χ4n) is 4.00. The van der Waals surface area contributed by atoms with E-state index >= 15 is 0 Å². The average Bonchev–Trinajstić information content (AvgIpc) is 2.87. The van der Waals surface area contributed by atoms with Crippen molar-refractivity contribution < 1.29 is 0 Å². The molecular formula is C30H22N2. The molecule has 2 heteroatoms. The molecule has 1 aliphatic rings. The largest absolute Gasteiger partial charge is 0.299 e. The second-order valence-corrected chi connectivity index (χ2v) is 7.83. The minimum atomic E-state index is 0.233. The molecule has 152 valence electrons. The third-order valence-electron chi connectivity index (χ3n) is 5.77. The van der Waals surface area contributed by atoms with Crippen LogP contribution < -0.4 is 0 Å². The standard InChI is InChI=1S/C30H22N2/c31-29-20-27(25-13-11-23(12-14-25)21-7-3-1-4-8-21)19-28(30(29)32)26-17-15-24(16-18-26)22-9-5-2-6-10-22/h1-20,31-32H. The number of rotatable bonds is 4. The molecule has 2 N–H and O–H groups in total. The highest BCUT2D eigenvalue weighted by Crippen LogP contribution is 2.31. The Bertz CT molecular complexity index is 1340. The predicted octanol–water partition coefficient (Wildman–Crippen LogP) is 7.54. The van der Waals surface area contributed by atoms with Crippen LogP contribution in [0.25, 0.3) is 33.4 Å². The summed E-state index contributed by atoms with van der Waals surface area (Å²) in [5.74, 6) is 0. The first-order valence-corrected chi connectivity index (χ1v) is 10.6. The first-order valence-electron chi connectivity index (χ1n) is 10.6. The highest BCUT2D eigenvalue weighted by molar-refractivity contribution is 6.61. The predicted molar refractivity (Wildman–Crippen MR) is 135 cm³/mol. The topological polar surface area (TPSA) is 47.7 Å². The molecule has 2 nitrogen and oxygen atoms in total. The second kappa shape index (κ2) is 8.44. The number of hydrogen-bond acceptors (Lipinski definition) is 2. The summed E-state index contributed by atoms with van der Waals surface area (Å²) in [5.41, 5.74) is 8.85. The zero-order valence-corrected chi connectivity index (χ0v) is 17.5. The van der Waals surface area contributed by atoms with E-state index in [0.717, 1.165) is 33.4 Å². The zero-order valence-electron chi connectivity index (χ0n) is 17.5. The summed E-state index contributed by atoms with van der Waals surface area (Å²) in [6.07, 6.45) is 3.80. The van der Waals surface area contributed by atoms with Crippen LogP contribution in [0.1, 0.15) is 11.1 Å². The molecule has 0 aliphatic heterocycles. The molecule has 5 rings (SSSR count). The molecule has 0 saturated carbocycles. The van der Waals surface area contributed by atoms with Crippen molar-refractivity contribution in [1.82, 2.24) is 0 Å². The number of benzene rings is 4. The van der Waals surface area contributed by atoms with Crippen molar-refractivity contribution >= 4 is 22.6 Å². The van der Waals surface area contributed by atoms with Gasteiger partial charge in [-0.15, -0.1) is 0 Å². The van der Waals surface area contributed by atoms with Crippen molar-refractivity contribution in [2.75, 3.05) is 0 Å². The van der Waals surface area contributed by atoms with Crippen molar-refractivity contribution in [3.8, 4) is 22.3 Å².